The molecule has 194 valence electrons. The summed E-state index contributed by atoms with van der Waals surface area (Å²) in [6, 6.07) is 5.63. The molecule has 6 atom stereocenters. The summed E-state index contributed by atoms with van der Waals surface area (Å²) in [5.41, 5.74) is 0.531. The molecule has 36 heavy (non-hydrogen) atoms. The molecule has 3 fully saturated rings. The Bertz CT molecular complexity index is 1050. The zero-order valence-electron chi connectivity index (χ0n) is 20.5. The van der Waals surface area contributed by atoms with Crippen molar-refractivity contribution < 1.29 is 24.2 Å². The molecule has 0 saturated carbocycles. The zero-order valence-corrected chi connectivity index (χ0v) is 22.0. The number of thioether (sulfide) groups is 1. The maximum absolute atomic E-state index is 14.3. The van der Waals surface area contributed by atoms with Gasteiger partial charge >= 0.3 is 5.97 Å². The monoisotopic (exact) mass is 532 g/mol. The molecular formula is C27H33ClN2O5S. The minimum Gasteiger partial charge on any atom is -0.465 e. The largest absolute Gasteiger partial charge is 0.465 e. The van der Waals surface area contributed by atoms with Gasteiger partial charge in [-0.05, 0) is 44.7 Å². The van der Waals surface area contributed by atoms with E-state index < -0.39 is 28.7 Å². The van der Waals surface area contributed by atoms with Crippen molar-refractivity contribution in [3.05, 3.63) is 54.6 Å². The maximum Gasteiger partial charge on any atom is 0.310 e. The van der Waals surface area contributed by atoms with Gasteiger partial charge in [0.05, 0.1) is 46.5 Å². The van der Waals surface area contributed by atoms with Gasteiger partial charge in [-0.15, -0.1) is 24.9 Å². The summed E-state index contributed by atoms with van der Waals surface area (Å²) in [5.74, 6) is -2.22. The third kappa shape index (κ3) is 4.37. The Labute approximate surface area is 221 Å². The number of aliphatic hydroxyl groups is 1. The quantitative estimate of drug-likeness (QED) is 0.265. The Balaban J connectivity index is 1.72. The SMILES string of the molecule is C=CCCCOC(=O)[C@@H]1[C@H]2C(=O)N([C@H](C)CO)C(C(=O)N(CC=C)c3ccccc3Cl)C23CC[C@H]1S3. The number of ether oxygens (including phenoxy) is 1. The van der Waals surface area contributed by atoms with Crippen molar-refractivity contribution in [3.8, 4) is 0 Å². The Hall–Kier alpha value is -2.29. The van der Waals surface area contributed by atoms with E-state index in [-0.39, 0.29) is 42.8 Å². The Morgan fingerprint density at radius 3 is 2.78 bits per heavy atom. The van der Waals surface area contributed by atoms with Crippen LogP contribution in [0.4, 0.5) is 5.69 Å². The average molecular weight is 533 g/mol. The summed E-state index contributed by atoms with van der Waals surface area (Å²) in [6.45, 7) is 9.40. The number of carbonyl (C=O) groups excluding carboxylic acids is 3. The Morgan fingerprint density at radius 1 is 1.36 bits per heavy atom. The minimum absolute atomic E-state index is 0.0825. The van der Waals surface area contributed by atoms with E-state index in [4.69, 9.17) is 16.3 Å². The molecule has 3 aliphatic rings. The molecule has 2 unspecified atom stereocenters. The summed E-state index contributed by atoms with van der Waals surface area (Å²) < 4.78 is 4.81. The van der Waals surface area contributed by atoms with Crippen molar-refractivity contribution in [2.75, 3.05) is 24.7 Å². The number of nitrogens with zero attached hydrogens (tertiary/aromatic N) is 2. The first kappa shape index (κ1) is 26.8. The smallest absolute Gasteiger partial charge is 0.310 e. The fourth-order valence-corrected chi connectivity index (χ4v) is 8.38. The van der Waals surface area contributed by atoms with Crippen molar-refractivity contribution in [1.29, 1.82) is 0 Å². The van der Waals surface area contributed by atoms with Crippen molar-refractivity contribution in [3.63, 3.8) is 0 Å². The van der Waals surface area contributed by atoms with Gasteiger partial charge < -0.3 is 19.6 Å². The number of aliphatic hydroxyl groups excluding tert-OH is 1. The lowest BCUT2D eigenvalue weighted by molar-refractivity contribution is -0.154. The summed E-state index contributed by atoms with van der Waals surface area (Å²) in [7, 11) is 0. The molecule has 3 saturated heterocycles. The number of likely N-dealkylation sites (tertiary alicyclic amines) is 1. The number of carbonyl (C=O) groups is 3. The van der Waals surface area contributed by atoms with Crippen LogP contribution in [-0.2, 0) is 19.1 Å². The van der Waals surface area contributed by atoms with E-state index in [1.165, 1.54) is 4.90 Å². The average Bonchev–Trinajstić information content (AvgIpc) is 3.52. The van der Waals surface area contributed by atoms with Gasteiger partial charge in [0.1, 0.15) is 6.04 Å². The summed E-state index contributed by atoms with van der Waals surface area (Å²) >= 11 is 8.03. The second-order valence-electron chi connectivity index (χ2n) is 9.62. The Morgan fingerprint density at radius 2 is 2.11 bits per heavy atom. The van der Waals surface area contributed by atoms with Crippen LogP contribution in [0.3, 0.4) is 0 Å². The second kappa shape index (κ2) is 11.0. The van der Waals surface area contributed by atoms with Crippen LogP contribution in [0, 0.1) is 11.8 Å². The standard InChI is InChI=1S/C27H33ClN2O5S/c1-4-6-9-15-35-26(34)21-20-12-13-27(36-20)22(21)24(32)30(17(3)16-31)23(27)25(33)29(14-5-2)19-11-8-7-10-18(19)28/h4-5,7-8,10-11,17,20-23,31H,1-2,6,9,12-16H2,3H3/t17-,20-,21+,22+,23?,27?/m1/s1. The topological polar surface area (TPSA) is 87.1 Å². The van der Waals surface area contributed by atoms with Crippen molar-refractivity contribution in [2.45, 2.75) is 54.7 Å². The molecule has 0 radical (unpaired) electrons. The van der Waals surface area contributed by atoms with E-state index in [0.29, 0.717) is 23.6 Å². The number of anilines is 1. The van der Waals surface area contributed by atoms with Gasteiger partial charge in [-0.2, -0.15) is 0 Å². The molecule has 7 nitrogen and oxygen atoms in total. The van der Waals surface area contributed by atoms with Gasteiger partial charge in [-0.3, -0.25) is 14.4 Å². The molecule has 3 aliphatic heterocycles. The molecule has 1 aromatic rings. The second-order valence-corrected chi connectivity index (χ2v) is 11.6. The molecule has 2 bridgehead atoms. The molecule has 0 aromatic heterocycles. The highest BCUT2D eigenvalue weighted by atomic mass is 35.5. The van der Waals surface area contributed by atoms with Crippen molar-refractivity contribution in [2.24, 2.45) is 11.8 Å². The first-order valence-electron chi connectivity index (χ1n) is 12.4. The van der Waals surface area contributed by atoms with E-state index in [9.17, 15) is 19.5 Å². The minimum atomic E-state index is -0.845. The first-order valence-corrected chi connectivity index (χ1v) is 13.6. The number of hydrogen-bond donors (Lipinski definition) is 1. The number of unbranched alkanes of at least 4 members (excludes halogenated alkanes) is 1. The van der Waals surface area contributed by atoms with Crippen LogP contribution in [0.1, 0.15) is 32.6 Å². The van der Waals surface area contributed by atoms with Gasteiger partial charge in [0, 0.05) is 11.8 Å². The fraction of sp³-hybridized carbons (Fsp3) is 0.519. The highest BCUT2D eigenvalue weighted by Crippen LogP contribution is 2.67. The lowest BCUT2D eigenvalue weighted by Gasteiger charge is -2.39. The normalized spacial score (nSPS) is 29.1. The Kier molecular flexibility index (Phi) is 8.17. The number of halogens is 1. The lowest BCUT2D eigenvalue weighted by Crippen LogP contribution is -2.57. The molecule has 4 rings (SSSR count). The number of amides is 2. The number of benzene rings is 1. The van der Waals surface area contributed by atoms with Crippen molar-refractivity contribution in [1.82, 2.24) is 4.90 Å². The number of allylic oxidation sites excluding steroid dienone is 1. The first-order chi connectivity index (χ1) is 17.3. The van der Waals surface area contributed by atoms with E-state index in [0.717, 1.165) is 12.8 Å². The molecule has 1 N–H and O–H groups in total. The summed E-state index contributed by atoms with van der Waals surface area (Å²) in [5, 5.41) is 10.4. The zero-order chi connectivity index (χ0) is 26.0. The summed E-state index contributed by atoms with van der Waals surface area (Å²) in [6.07, 6.45) is 6.16. The van der Waals surface area contributed by atoms with E-state index in [2.05, 4.69) is 13.2 Å². The highest BCUT2D eigenvalue weighted by Gasteiger charge is 2.74. The van der Waals surface area contributed by atoms with Crippen LogP contribution in [0.2, 0.25) is 5.02 Å². The van der Waals surface area contributed by atoms with Crippen LogP contribution in [-0.4, -0.2) is 69.6 Å². The lowest BCUT2D eigenvalue weighted by atomic mass is 9.71. The van der Waals surface area contributed by atoms with Gasteiger partial charge in [0.2, 0.25) is 5.91 Å². The van der Waals surface area contributed by atoms with Crippen LogP contribution in [0.5, 0.6) is 0 Å². The number of para-hydroxylation sites is 1. The molecule has 1 spiro atoms. The molecule has 1 aromatic carbocycles. The van der Waals surface area contributed by atoms with Crippen LogP contribution >= 0.6 is 23.4 Å². The number of hydrogen-bond acceptors (Lipinski definition) is 6. The maximum atomic E-state index is 14.3. The third-order valence-electron chi connectivity index (χ3n) is 7.50. The van der Waals surface area contributed by atoms with Crippen LogP contribution in [0.15, 0.2) is 49.6 Å². The van der Waals surface area contributed by atoms with Crippen molar-refractivity contribution >= 4 is 46.8 Å². The predicted octanol–water partition coefficient (Wildman–Crippen LogP) is 3.84. The van der Waals surface area contributed by atoms with Gasteiger partial charge in [0.15, 0.2) is 0 Å². The fourth-order valence-electron chi connectivity index (χ4n) is 5.95. The molecule has 3 heterocycles. The van der Waals surface area contributed by atoms with Gasteiger partial charge in [-0.25, -0.2) is 0 Å². The number of fused-ring (bicyclic) bond motifs is 1. The predicted molar refractivity (Wildman–Crippen MR) is 142 cm³/mol. The van der Waals surface area contributed by atoms with E-state index in [1.807, 2.05) is 0 Å². The van der Waals surface area contributed by atoms with Crippen LogP contribution < -0.4 is 4.90 Å². The summed E-state index contributed by atoms with van der Waals surface area (Å²) in [4.78, 5) is 44.5. The number of rotatable bonds is 11. The third-order valence-corrected chi connectivity index (χ3v) is 9.77. The van der Waals surface area contributed by atoms with E-state index >= 15 is 0 Å². The highest BCUT2D eigenvalue weighted by molar-refractivity contribution is 8.02. The van der Waals surface area contributed by atoms with Gasteiger partial charge in [-0.1, -0.05) is 35.9 Å². The number of esters is 1. The van der Waals surface area contributed by atoms with E-state index in [1.54, 1.807) is 60.0 Å². The van der Waals surface area contributed by atoms with Gasteiger partial charge in [0.25, 0.3) is 5.91 Å². The van der Waals surface area contributed by atoms with Crippen LogP contribution in [0.25, 0.3) is 0 Å². The molecule has 2 amide bonds. The molecular weight excluding hydrogens is 500 g/mol. The molecule has 0 aliphatic carbocycles. The molecule has 9 heteroatoms.